The van der Waals surface area contributed by atoms with Crippen molar-refractivity contribution in [3.8, 4) is 11.5 Å². The van der Waals surface area contributed by atoms with Crippen LogP contribution < -0.4 is 32.3 Å². The number of methoxy groups -OCH3 is 1. The van der Waals surface area contributed by atoms with Crippen LogP contribution in [0.2, 0.25) is 5.02 Å². The molecule has 0 unspecified atom stereocenters. The Morgan fingerprint density at radius 2 is 1.53 bits per heavy atom. The van der Waals surface area contributed by atoms with Gasteiger partial charge in [0, 0.05) is 11.6 Å². The molecule has 0 fully saturated rings. The van der Waals surface area contributed by atoms with Crippen molar-refractivity contribution < 1.29 is 30.3 Å². The number of ether oxygens (including phenoxy) is 2. The smallest absolute Gasteiger partial charge is 0.238 e. The first kappa shape index (κ1) is 26.0. The molecule has 3 N–H and O–H groups in total. The zero-order valence-corrected chi connectivity index (χ0v) is 19.9. The molecular weight excluding hydrogens is 471 g/mol. The van der Waals surface area contributed by atoms with E-state index in [2.05, 4.69) is 5.32 Å². The largest absolute Gasteiger partial charge is 1.00 e. The highest BCUT2D eigenvalue weighted by Gasteiger charge is 2.08. The number of hydrogen-bond acceptors (Lipinski definition) is 5. The maximum atomic E-state index is 11.3. The molecule has 0 radical (unpaired) electrons. The lowest BCUT2D eigenvalue weighted by atomic mass is 10.1. The van der Waals surface area contributed by atoms with Gasteiger partial charge in [-0.25, -0.2) is 13.6 Å². The second-order valence-electron chi connectivity index (χ2n) is 7.02. The summed E-state index contributed by atoms with van der Waals surface area (Å²) in [4.78, 5) is 0.120. The topological polar surface area (TPSA) is 90.6 Å². The maximum absolute atomic E-state index is 11.3. The summed E-state index contributed by atoms with van der Waals surface area (Å²) in [6.45, 7) is 1.84. The van der Waals surface area contributed by atoms with E-state index in [0.29, 0.717) is 29.7 Å². The monoisotopic (exact) mass is 495 g/mol. The molecule has 0 bridgehead atoms. The van der Waals surface area contributed by atoms with E-state index in [-0.39, 0.29) is 17.3 Å². The van der Waals surface area contributed by atoms with E-state index < -0.39 is 10.0 Å². The molecule has 3 aromatic carbocycles. The van der Waals surface area contributed by atoms with Crippen LogP contribution >= 0.6 is 11.6 Å². The minimum atomic E-state index is -3.66. The molecule has 0 spiro atoms. The van der Waals surface area contributed by atoms with Crippen LogP contribution in [0, 0.1) is 0 Å². The summed E-state index contributed by atoms with van der Waals surface area (Å²) < 4.78 is 34.0. The number of halogens is 2. The summed E-state index contributed by atoms with van der Waals surface area (Å²) >= 11 is 5.91. The summed E-state index contributed by atoms with van der Waals surface area (Å²) in [6.07, 6.45) is 0.768. The van der Waals surface area contributed by atoms with E-state index in [1.54, 1.807) is 19.2 Å². The lowest BCUT2D eigenvalue weighted by molar-refractivity contribution is -0.00000939. The number of nitrogens with two attached hydrogens (primary N) is 1. The Labute approximate surface area is 200 Å². The van der Waals surface area contributed by atoms with Gasteiger partial charge in [0.2, 0.25) is 10.0 Å². The van der Waals surface area contributed by atoms with Crippen molar-refractivity contribution in [1.82, 2.24) is 5.32 Å². The van der Waals surface area contributed by atoms with Gasteiger partial charge >= 0.3 is 0 Å². The quantitative estimate of drug-likeness (QED) is 0.408. The molecule has 0 heterocycles. The Balaban J connectivity index is 0.00000363. The third kappa shape index (κ3) is 7.69. The van der Waals surface area contributed by atoms with Gasteiger partial charge in [-0.1, -0.05) is 41.9 Å². The summed E-state index contributed by atoms with van der Waals surface area (Å²) in [7, 11) is -2.04. The highest BCUT2D eigenvalue weighted by atomic mass is 35.5. The molecule has 0 aliphatic rings. The van der Waals surface area contributed by atoms with Crippen LogP contribution in [0.1, 0.15) is 16.7 Å². The maximum Gasteiger partial charge on any atom is 0.238 e. The fourth-order valence-electron chi connectivity index (χ4n) is 2.99. The third-order valence-corrected chi connectivity index (χ3v) is 5.89. The van der Waals surface area contributed by atoms with Gasteiger partial charge in [0.1, 0.15) is 6.61 Å². The molecule has 3 rings (SSSR count). The number of benzene rings is 3. The van der Waals surface area contributed by atoms with E-state index in [1.165, 1.54) is 12.1 Å². The Kier molecular flexibility index (Phi) is 9.81. The van der Waals surface area contributed by atoms with Gasteiger partial charge in [-0.15, -0.1) is 0 Å². The number of rotatable bonds is 10. The lowest BCUT2D eigenvalue weighted by Crippen LogP contribution is -3.00. The molecule has 0 saturated carbocycles. The normalized spacial score (nSPS) is 11.0. The highest BCUT2D eigenvalue weighted by molar-refractivity contribution is 7.89. The van der Waals surface area contributed by atoms with Crippen molar-refractivity contribution in [2.24, 2.45) is 5.14 Å². The van der Waals surface area contributed by atoms with Crippen molar-refractivity contribution in [1.29, 1.82) is 0 Å². The standard InChI is InChI=1S/C23H25ClN2O4S.ClH/c1-29-23-14-19(6-11-22(23)30-16-18-2-7-20(24)8-3-18)15-26-13-12-17-4-9-21(10-5-17)31(25,27)28;/h2-11,14,26H,12-13,15-16H2,1H3,(H2,25,27,28);1H/p-1. The molecule has 0 aromatic heterocycles. The summed E-state index contributed by atoms with van der Waals surface area (Å²) in [5.41, 5.74) is 3.12. The minimum Gasteiger partial charge on any atom is -1.00 e. The second-order valence-corrected chi connectivity index (χ2v) is 9.01. The van der Waals surface area contributed by atoms with Crippen LogP contribution in [0.25, 0.3) is 0 Å². The summed E-state index contributed by atoms with van der Waals surface area (Å²) in [6, 6.07) is 20.0. The first-order valence-corrected chi connectivity index (χ1v) is 11.6. The van der Waals surface area contributed by atoms with Crippen LogP contribution in [0.3, 0.4) is 0 Å². The average Bonchev–Trinajstić information content (AvgIpc) is 2.76. The van der Waals surface area contributed by atoms with E-state index in [1.807, 2.05) is 42.5 Å². The summed E-state index contributed by atoms with van der Waals surface area (Å²) in [5.74, 6) is 1.35. The number of primary sulfonamides is 1. The van der Waals surface area contributed by atoms with E-state index in [0.717, 1.165) is 29.7 Å². The third-order valence-electron chi connectivity index (χ3n) is 4.71. The van der Waals surface area contributed by atoms with Crippen molar-refractivity contribution in [3.05, 3.63) is 88.4 Å². The fraction of sp³-hybridized carbons (Fsp3) is 0.217. The SMILES string of the molecule is COc1cc(CNCCc2ccc(S(N)(=O)=O)cc2)ccc1OCc1ccc(Cl)cc1.[Cl-]. The zero-order valence-electron chi connectivity index (χ0n) is 17.6. The Hall–Kier alpha value is -2.29. The fourth-order valence-corrected chi connectivity index (χ4v) is 3.64. The minimum absolute atomic E-state index is 0. The van der Waals surface area contributed by atoms with Crippen molar-refractivity contribution in [2.75, 3.05) is 13.7 Å². The second kappa shape index (κ2) is 12.1. The zero-order chi connectivity index (χ0) is 22.3. The molecule has 0 aliphatic heterocycles. The molecule has 32 heavy (non-hydrogen) atoms. The van der Waals surface area contributed by atoms with Crippen LogP contribution in [0.5, 0.6) is 11.5 Å². The van der Waals surface area contributed by atoms with E-state index >= 15 is 0 Å². The molecule has 0 atom stereocenters. The molecule has 0 aliphatic carbocycles. The Morgan fingerprint density at radius 3 is 2.16 bits per heavy atom. The van der Waals surface area contributed by atoms with Gasteiger partial charge in [0.25, 0.3) is 0 Å². The predicted octanol–water partition coefficient (Wildman–Crippen LogP) is 0.911. The predicted molar refractivity (Wildman–Crippen MR) is 122 cm³/mol. The first-order valence-electron chi connectivity index (χ1n) is 9.72. The van der Waals surface area contributed by atoms with E-state index in [4.69, 9.17) is 26.2 Å². The molecule has 9 heteroatoms. The number of nitrogens with one attached hydrogen (secondary N) is 1. The van der Waals surface area contributed by atoms with Crippen LogP contribution in [-0.2, 0) is 29.6 Å². The van der Waals surface area contributed by atoms with Gasteiger partial charge in [-0.3, -0.25) is 0 Å². The highest BCUT2D eigenvalue weighted by Crippen LogP contribution is 2.29. The first-order chi connectivity index (χ1) is 14.8. The van der Waals surface area contributed by atoms with Gasteiger partial charge in [-0.2, -0.15) is 0 Å². The van der Waals surface area contributed by atoms with Crippen molar-refractivity contribution in [2.45, 2.75) is 24.5 Å². The molecule has 0 amide bonds. The summed E-state index contributed by atoms with van der Waals surface area (Å²) in [5, 5.41) is 9.19. The van der Waals surface area contributed by atoms with Crippen LogP contribution in [0.15, 0.2) is 71.6 Å². The number of hydrogen-bond donors (Lipinski definition) is 2. The Bertz CT molecular complexity index is 1110. The van der Waals surface area contributed by atoms with Gasteiger partial charge < -0.3 is 27.2 Å². The number of sulfonamides is 1. The van der Waals surface area contributed by atoms with Crippen molar-refractivity contribution in [3.63, 3.8) is 0 Å². The van der Waals surface area contributed by atoms with Gasteiger partial charge in [-0.05, 0) is 66.1 Å². The molecule has 6 nitrogen and oxygen atoms in total. The molecular formula is C23H25Cl2N2O4S-. The molecule has 3 aromatic rings. The molecule has 172 valence electrons. The average molecular weight is 496 g/mol. The van der Waals surface area contributed by atoms with Gasteiger partial charge in [0.15, 0.2) is 11.5 Å². The van der Waals surface area contributed by atoms with Crippen LogP contribution in [-0.4, -0.2) is 22.1 Å². The Morgan fingerprint density at radius 1 is 0.906 bits per heavy atom. The molecule has 0 saturated heterocycles. The van der Waals surface area contributed by atoms with E-state index in [9.17, 15) is 8.42 Å². The van der Waals surface area contributed by atoms with Crippen LogP contribution in [0.4, 0.5) is 0 Å². The van der Waals surface area contributed by atoms with Gasteiger partial charge in [0.05, 0.1) is 12.0 Å². The van der Waals surface area contributed by atoms with Crippen molar-refractivity contribution >= 4 is 21.6 Å². The lowest BCUT2D eigenvalue weighted by Gasteiger charge is -2.13.